The van der Waals surface area contributed by atoms with Gasteiger partial charge in [0.1, 0.15) is 17.2 Å². The lowest BCUT2D eigenvalue weighted by Gasteiger charge is -2.34. The first-order valence-electron chi connectivity index (χ1n) is 8.17. The summed E-state index contributed by atoms with van der Waals surface area (Å²) in [6.07, 6.45) is 0.663. The van der Waals surface area contributed by atoms with Gasteiger partial charge in [-0.25, -0.2) is 18.4 Å². The number of hydrogen-bond acceptors (Lipinski definition) is 4. The number of nitrogens with zero attached hydrogens (tertiary/aromatic N) is 1. The maximum absolute atomic E-state index is 14.4. The molecule has 0 aromatic heterocycles. The number of amides is 1. The number of carbonyl (C=O) groups excluding carboxylic acids is 2. The highest BCUT2D eigenvalue weighted by molar-refractivity contribution is 5.89. The maximum atomic E-state index is 14.4. The summed E-state index contributed by atoms with van der Waals surface area (Å²) in [5.41, 5.74) is -0.926. The minimum absolute atomic E-state index is 0.110. The molecule has 0 bridgehead atoms. The van der Waals surface area contributed by atoms with Crippen LogP contribution in [0.5, 0.6) is 0 Å². The van der Waals surface area contributed by atoms with Gasteiger partial charge in [0.05, 0.1) is 12.7 Å². The number of methoxy groups -OCH3 is 1. The van der Waals surface area contributed by atoms with Crippen LogP contribution >= 0.6 is 0 Å². The molecule has 0 aliphatic carbocycles. The van der Waals surface area contributed by atoms with Crippen molar-refractivity contribution in [1.82, 2.24) is 4.90 Å². The fourth-order valence-electron chi connectivity index (χ4n) is 2.92. The summed E-state index contributed by atoms with van der Waals surface area (Å²) < 4.78 is 38.6. The summed E-state index contributed by atoms with van der Waals surface area (Å²) in [7, 11) is 1.14. The van der Waals surface area contributed by atoms with Crippen LogP contribution in [0, 0.1) is 11.6 Å². The van der Waals surface area contributed by atoms with Crippen LogP contribution in [0.25, 0.3) is 0 Å². The van der Waals surface area contributed by atoms with Crippen LogP contribution < -0.4 is 0 Å². The van der Waals surface area contributed by atoms with Gasteiger partial charge >= 0.3 is 12.1 Å². The Morgan fingerprint density at radius 1 is 1.20 bits per heavy atom. The molecule has 0 spiro atoms. The van der Waals surface area contributed by atoms with E-state index in [0.717, 1.165) is 19.2 Å². The predicted molar refractivity (Wildman–Crippen MR) is 87.5 cm³/mol. The van der Waals surface area contributed by atoms with E-state index in [-0.39, 0.29) is 17.7 Å². The molecule has 0 unspecified atom stereocenters. The molecule has 1 atom stereocenters. The minimum Gasteiger partial charge on any atom is -0.465 e. The quantitative estimate of drug-likeness (QED) is 0.756. The van der Waals surface area contributed by atoms with Gasteiger partial charge in [0.15, 0.2) is 0 Å². The largest absolute Gasteiger partial charge is 0.465 e. The Morgan fingerprint density at radius 2 is 1.80 bits per heavy atom. The van der Waals surface area contributed by atoms with E-state index in [1.807, 2.05) is 0 Å². The summed E-state index contributed by atoms with van der Waals surface area (Å²) in [5, 5.41) is 0. The second-order valence-corrected chi connectivity index (χ2v) is 7.11. The van der Waals surface area contributed by atoms with Gasteiger partial charge in [0.25, 0.3) is 0 Å². The molecular weight excluding hydrogens is 332 g/mol. The zero-order valence-electron chi connectivity index (χ0n) is 14.9. The van der Waals surface area contributed by atoms with Gasteiger partial charge in [-0.3, -0.25) is 0 Å². The molecule has 2 rings (SSSR count). The van der Waals surface area contributed by atoms with Crippen LogP contribution in [0.4, 0.5) is 13.6 Å². The third-order valence-corrected chi connectivity index (χ3v) is 3.98. The Labute approximate surface area is 145 Å². The Hall–Kier alpha value is -2.18. The molecule has 7 heteroatoms. The van der Waals surface area contributed by atoms with Crippen molar-refractivity contribution in [1.29, 1.82) is 0 Å². The van der Waals surface area contributed by atoms with Crippen molar-refractivity contribution in [3.8, 4) is 0 Å². The Kier molecular flexibility index (Phi) is 5.65. The normalized spacial score (nSPS) is 18.0. The number of esters is 1. The van der Waals surface area contributed by atoms with Crippen LogP contribution in [-0.2, 0) is 9.47 Å². The van der Waals surface area contributed by atoms with Crippen LogP contribution in [0.3, 0.4) is 0 Å². The summed E-state index contributed by atoms with van der Waals surface area (Å²) in [4.78, 5) is 25.1. The molecular formula is C18H23F2NO4. The number of rotatable bonds is 2. The van der Waals surface area contributed by atoms with Crippen molar-refractivity contribution in [2.24, 2.45) is 0 Å². The molecule has 1 aromatic carbocycles. The van der Waals surface area contributed by atoms with E-state index < -0.39 is 35.2 Å². The predicted octanol–water partition coefficient (Wildman–Crippen LogP) is 3.87. The van der Waals surface area contributed by atoms with Crippen LogP contribution in [0.2, 0.25) is 0 Å². The Bertz CT molecular complexity index is 647. The molecule has 1 fully saturated rings. The highest BCUT2D eigenvalue weighted by Crippen LogP contribution is 2.32. The second kappa shape index (κ2) is 7.37. The zero-order chi connectivity index (χ0) is 18.8. The summed E-state index contributed by atoms with van der Waals surface area (Å²) in [6, 6.07) is 1.94. The molecule has 25 heavy (non-hydrogen) atoms. The molecule has 1 amide bonds. The lowest BCUT2D eigenvalue weighted by molar-refractivity contribution is 0.0196. The van der Waals surface area contributed by atoms with E-state index in [9.17, 15) is 18.4 Å². The van der Waals surface area contributed by atoms with Gasteiger partial charge < -0.3 is 14.4 Å². The average molecular weight is 355 g/mol. The number of benzene rings is 1. The van der Waals surface area contributed by atoms with Crippen LogP contribution in [-0.4, -0.2) is 42.8 Å². The smallest absolute Gasteiger partial charge is 0.410 e. The van der Waals surface area contributed by atoms with Crippen molar-refractivity contribution >= 4 is 12.1 Å². The van der Waals surface area contributed by atoms with Crippen molar-refractivity contribution in [3.05, 3.63) is 34.9 Å². The lowest BCUT2D eigenvalue weighted by Crippen LogP contribution is -2.42. The molecule has 0 N–H and O–H groups in total. The molecule has 1 aliphatic heterocycles. The molecule has 138 valence electrons. The maximum Gasteiger partial charge on any atom is 0.410 e. The third-order valence-electron chi connectivity index (χ3n) is 3.98. The molecule has 1 saturated heterocycles. The number of piperidine rings is 1. The van der Waals surface area contributed by atoms with E-state index in [1.165, 1.54) is 4.90 Å². The monoisotopic (exact) mass is 355 g/mol. The summed E-state index contributed by atoms with van der Waals surface area (Å²) in [5.74, 6) is -2.91. The van der Waals surface area contributed by atoms with Gasteiger partial charge in [-0.2, -0.15) is 0 Å². The highest BCUT2D eigenvalue weighted by atomic mass is 19.1. The molecule has 1 aromatic rings. The van der Waals surface area contributed by atoms with Gasteiger partial charge in [-0.1, -0.05) is 0 Å². The summed E-state index contributed by atoms with van der Waals surface area (Å²) >= 11 is 0. The average Bonchev–Trinajstić information content (AvgIpc) is 2.52. The standard InChI is InChI=1S/C18H23F2NO4/c1-18(2,3)25-17(23)21-7-5-6-11(10-21)15-13(19)8-12(9-14(15)20)16(22)24-4/h8-9,11H,5-7,10H2,1-4H3/t11-/m0/s1. The Morgan fingerprint density at radius 3 is 2.32 bits per heavy atom. The first kappa shape index (κ1) is 19.1. The van der Waals surface area contributed by atoms with Crippen LogP contribution in [0.1, 0.15) is 55.5 Å². The molecule has 0 radical (unpaired) electrons. The third kappa shape index (κ3) is 4.67. The highest BCUT2D eigenvalue weighted by Gasteiger charge is 2.31. The van der Waals surface area contributed by atoms with E-state index in [1.54, 1.807) is 20.8 Å². The zero-order valence-corrected chi connectivity index (χ0v) is 14.9. The molecule has 5 nitrogen and oxygen atoms in total. The number of ether oxygens (including phenoxy) is 2. The van der Waals surface area contributed by atoms with Crippen molar-refractivity contribution in [3.63, 3.8) is 0 Å². The molecule has 1 aliphatic rings. The fourth-order valence-corrected chi connectivity index (χ4v) is 2.92. The first-order valence-corrected chi connectivity index (χ1v) is 8.17. The lowest BCUT2D eigenvalue weighted by atomic mass is 9.89. The fraction of sp³-hybridized carbons (Fsp3) is 0.556. The van der Waals surface area contributed by atoms with E-state index in [4.69, 9.17) is 4.74 Å². The first-order chi connectivity index (χ1) is 11.6. The number of likely N-dealkylation sites (tertiary alicyclic amines) is 1. The molecule has 0 saturated carbocycles. The Balaban J connectivity index is 2.21. The van der Waals surface area contributed by atoms with E-state index in [2.05, 4.69) is 4.74 Å². The van der Waals surface area contributed by atoms with Gasteiger partial charge in [-0.15, -0.1) is 0 Å². The van der Waals surface area contributed by atoms with Gasteiger partial charge in [0.2, 0.25) is 0 Å². The number of carbonyl (C=O) groups is 2. The topological polar surface area (TPSA) is 55.8 Å². The number of halogens is 2. The van der Waals surface area contributed by atoms with Crippen molar-refractivity contribution in [2.75, 3.05) is 20.2 Å². The van der Waals surface area contributed by atoms with Crippen LogP contribution in [0.15, 0.2) is 12.1 Å². The van der Waals surface area contributed by atoms with E-state index in [0.29, 0.717) is 19.4 Å². The van der Waals surface area contributed by atoms with Gasteiger partial charge in [0, 0.05) is 24.6 Å². The van der Waals surface area contributed by atoms with E-state index >= 15 is 0 Å². The second-order valence-electron chi connectivity index (χ2n) is 7.11. The number of hydrogen-bond donors (Lipinski definition) is 0. The van der Waals surface area contributed by atoms with Gasteiger partial charge in [-0.05, 0) is 45.7 Å². The van der Waals surface area contributed by atoms with Crippen molar-refractivity contribution < 1.29 is 27.8 Å². The SMILES string of the molecule is COC(=O)c1cc(F)c([C@H]2CCCN(C(=O)OC(C)(C)C)C2)c(F)c1. The van der Waals surface area contributed by atoms with Crippen molar-refractivity contribution in [2.45, 2.75) is 45.1 Å². The molecule has 1 heterocycles. The minimum atomic E-state index is -0.809. The summed E-state index contributed by atoms with van der Waals surface area (Å²) in [6.45, 7) is 5.93.